The first-order valence-corrected chi connectivity index (χ1v) is 18.1. The maximum atomic E-state index is 14.4. The summed E-state index contributed by atoms with van der Waals surface area (Å²) in [5.74, 6) is -2.53. The van der Waals surface area contributed by atoms with Gasteiger partial charge in [-0.05, 0) is 42.0 Å². The molecule has 4 aromatic rings. The summed E-state index contributed by atoms with van der Waals surface area (Å²) in [7, 11) is 2.83. The molecule has 5 unspecified atom stereocenters. The van der Waals surface area contributed by atoms with E-state index in [1.54, 1.807) is 18.7 Å². The van der Waals surface area contributed by atoms with Gasteiger partial charge >= 0.3 is 0 Å². The second kappa shape index (κ2) is 14.0. The van der Waals surface area contributed by atoms with Crippen LogP contribution in [0.25, 0.3) is 11.0 Å². The first kappa shape index (κ1) is 35.3. The number of aliphatic hydroxyl groups is 1. The molecule has 6 rings (SSSR count). The van der Waals surface area contributed by atoms with Crippen LogP contribution in [-0.2, 0) is 9.59 Å². The van der Waals surface area contributed by atoms with Gasteiger partial charge in [-0.1, -0.05) is 63.1 Å². The number of para-hydroxylation sites is 2. The van der Waals surface area contributed by atoms with E-state index in [-0.39, 0.29) is 63.9 Å². The maximum absolute atomic E-state index is 14.4. The second-order valence-corrected chi connectivity index (χ2v) is 14.1. The van der Waals surface area contributed by atoms with Crippen LogP contribution in [0, 0.1) is 11.8 Å². The molecule has 0 radical (unpaired) electrons. The van der Waals surface area contributed by atoms with Crippen LogP contribution in [0.15, 0.2) is 70.8 Å². The van der Waals surface area contributed by atoms with Gasteiger partial charge in [-0.2, -0.15) is 0 Å². The number of aromatic nitrogens is 2. The summed E-state index contributed by atoms with van der Waals surface area (Å²) in [6, 6.07) is 16.2. The van der Waals surface area contributed by atoms with E-state index in [1.165, 1.54) is 20.3 Å². The molecule has 0 saturated heterocycles. The number of aliphatic hydroxyl groups excluding tert-OH is 1. The Hall–Kier alpha value is -4.48. The third-order valence-corrected chi connectivity index (χ3v) is 11.1. The van der Waals surface area contributed by atoms with E-state index in [4.69, 9.17) is 30.8 Å². The summed E-state index contributed by atoms with van der Waals surface area (Å²) in [5, 5.41) is 15.4. The van der Waals surface area contributed by atoms with Crippen molar-refractivity contribution < 1.29 is 33.7 Å². The van der Waals surface area contributed by atoms with Crippen LogP contribution in [0.2, 0.25) is 5.02 Å². The first-order valence-electron chi connectivity index (χ1n) is 16.5. The molecule has 2 heterocycles. The summed E-state index contributed by atoms with van der Waals surface area (Å²) in [5.41, 5.74) is 0.289. The number of ketones is 2. The molecular formula is C38H40ClN3O7S. The standard InChI is InChI=1S/C38H40ClN3O7S/c1-7-19(2)33(37-40-24-10-8-9-11-25(24)41-37)42-29(44)17-23(21-12-14-22(50-6)15-13-21)30-26(43)16-20(3)38(35(30)45)36(46)31-27(47-4)18-28(48-5)32(39)34(31)49-38/h8-15,18-20,23,33,45H,7,16-17H2,1-6H3,(H,40,41)(H,42,44). The van der Waals surface area contributed by atoms with Crippen LogP contribution in [0.1, 0.15) is 73.7 Å². The van der Waals surface area contributed by atoms with E-state index in [2.05, 4.69) is 10.3 Å². The van der Waals surface area contributed by atoms with Crippen molar-refractivity contribution in [3.63, 3.8) is 0 Å². The number of allylic oxidation sites excluding steroid dienone is 1. The Labute approximate surface area is 299 Å². The Bertz CT molecular complexity index is 1980. The number of rotatable bonds is 11. The minimum atomic E-state index is -1.98. The van der Waals surface area contributed by atoms with Gasteiger partial charge in [0, 0.05) is 41.2 Å². The fraction of sp³-hybridized carbons (Fsp3) is 0.368. The zero-order chi connectivity index (χ0) is 35.9. The number of benzene rings is 3. The van der Waals surface area contributed by atoms with Gasteiger partial charge in [0.25, 0.3) is 0 Å². The fourth-order valence-corrected chi connectivity index (χ4v) is 7.69. The molecule has 1 spiro atoms. The molecule has 0 bridgehead atoms. The van der Waals surface area contributed by atoms with Gasteiger partial charge in [0.1, 0.15) is 27.9 Å². The van der Waals surface area contributed by atoms with Crippen molar-refractivity contribution in [1.82, 2.24) is 15.3 Å². The number of halogens is 1. The summed E-state index contributed by atoms with van der Waals surface area (Å²) in [6.45, 7) is 5.75. The Balaban J connectivity index is 1.44. The van der Waals surface area contributed by atoms with Crippen LogP contribution < -0.4 is 19.5 Å². The number of carbonyl (C=O) groups excluding carboxylic acids is 3. The average Bonchev–Trinajstić information content (AvgIpc) is 3.69. The lowest BCUT2D eigenvalue weighted by Gasteiger charge is -2.38. The van der Waals surface area contributed by atoms with E-state index in [9.17, 15) is 19.5 Å². The number of amides is 1. The number of H-pyrrole nitrogens is 1. The number of hydrogen-bond donors (Lipinski definition) is 3. The van der Waals surface area contributed by atoms with E-state index in [1.807, 2.05) is 68.6 Å². The predicted octanol–water partition coefficient (Wildman–Crippen LogP) is 7.77. The third-order valence-electron chi connectivity index (χ3n) is 10.00. The number of ether oxygens (including phenoxy) is 3. The van der Waals surface area contributed by atoms with Gasteiger partial charge < -0.3 is 29.6 Å². The summed E-state index contributed by atoms with van der Waals surface area (Å²) >= 11 is 8.20. The smallest absolute Gasteiger partial charge is 0.231 e. The van der Waals surface area contributed by atoms with E-state index < -0.39 is 35.0 Å². The number of Topliss-reactive ketones (excluding diaryl/α,β-unsaturated/α-hetero) is 2. The molecule has 0 saturated carbocycles. The molecule has 10 nitrogen and oxygen atoms in total. The number of nitrogens with zero attached hydrogens (tertiary/aromatic N) is 1. The Morgan fingerprint density at radius 2 is 1.86 bits per heavy atom. The van der Waals surface area contributed by atoms with Gasteiger partial charge in [-0.3, -0.25) is 14.4 Å². The molecular weight excluding hydrogens is 678 g/mol. The lowest BCUT2D eigenvalue weighted by molar-refractivity contribution is -0.122. The van der Waals surface area contributed by atoms with Gasteiger partial charge in [0.15, 0.2) is 17.3 Å². The molecule has 1 aromatic heterocycles. The predicted molar refractivity (Wildman–Crippen MR) is 193 cm³/mol. The SMILES string of the molecule is CCC(C)C(NC(=O)CC(C1=C(O)C2(Oc3c(Cl)c(OC)cc(OC)c3C2=O)C(C)CC1=O)c1ccc(SC)cc1)c1nc2ccccc2[nH]1. The van der Waals surface area contributed by atoms with E-state index in [0.29, 0.717) is 11.4 Å². The van der Waals surface area contributed by atoms with Crippen LogP contribution in [0.5, 0.6) is 17.2 Å². The minimum Gasteiger partial charge on any atom is -0.507 e. The number of nitrogens with one attached hydrogen (secondary N) is 2. The normalized spacial score (nSPS) is 20.4. The molecule has 12 heteroatoms. The Morgan fingerprint density at radius 3 is 2.50 bits per heavy atom. The monoisotopic (exact) mass is 717 g/mol. The molecule has 1 amide bonds. The second-order valence-electron chi connectivity index (χ2n) is 12.9. The van der Waals surface area contributed by atoms with Gasteiger partial charge in [0.2, 0.25) is 17.3 Å². The Kier molecular flexibility index (Phi) is 9.92. The molecule has 3 aromatic carbocycles. The van der Waals surface area contributed by atoms with Gasteiger partial charge in [-0.25, -0.2) is 4.98 Å². The van der Waals surface area contributed by atoms with Crippen molar-refractivity contribution in [3.8, 4) is 17.2 Å². The largest absolute Gasteiger partial charge is 0.507 e. The summed E-state index contributed by atoms with van der Waals surface area (Å²) in [6.07, 6.45) is 2.40. The van der Waals surface area contributed by atoms with E-state index >= 15 is 0 Å². The molecule has 0 fully saturated rings. The molecule has 2 aliphatic rings. The quantitative estimate of drug-likeness (QED) is 0.133. The number of hydrogen-bond acceptors (Lipinski definition) is 9. The van der Waals surface area contributed by atoms with Gasteiger partial charge in [-0.15, -0.1) is 11.8 Å². The van der Waals surface area contributed by atoms with Crippen LogP contribution in [-0.4, -0.2) is 58.6 Å². The highest BCUT2D eigenvalue weighted by molar-refractivity contribution is 7.98. The maximum Gasteiger partial charge on any atom is 0.231 e. The zero-order valence-corrected chi connectivity index (χ0v) is 30.3. The topological polar surface area (TPSA) is 140 Å². The number of fused-ring (bicyclic) bond motifs is 2. The first-order chi connectivity index (χ1) is 24.0. The van der Waals surface area contributed by atoms with Crippen molar-refractivity contribution in [2.24, 2.45) is 11.8 Å². The van der Waals surface area contributed by atoms with Crippen molar-refractivity contribution in [2.75, 3.05) is 20.5 Å². The average molecular weight is 718 g/mol. The molecule has 50 heavy (non-hydrogen) atoms. The zero-order valence-electron chi connectivity index (χ0n) is 28.8. The lowest BCUT2D eigenvalue weighted by atomic mass is 9.69. The van der Waals surface area contributed by atoms with E-state index in [0.717, 1.165) is 22.3 Å². The summed E-state index contributed by atoms with van der Waals surface area (Å²) < 4.78 is 17.3. The number of thioether (sulfide) groups is 1. The highest BCUT2D eigenvalue weighted by Gasteiger charge is 2.61. The van der Waals surface area contributed by atoms with Crippen molar-refractivity contribution in [1.29, 1.82) is 0 Å². The Morgan fingerprint density at radius 1 is 1.16 bits per heavy atom. The lowest BCUT2D eigenvalue weighted by Crippen LogP contribution is -2.53. The molecule has 262 valence electrons. The highest BCUT2D eigenvalue weighted by Crippen LogP contribution is 2.55. The van der Waals surface area contributed by atoms with Crippen LogP contribution in [0.3, 0.4) is 0 Å². The third kappa shape index (κ3) is 5.90. The van der Waals surface area contributed by atoms with Crippen LogP contribution >= 0.6 is 23.4 Å². The molecule has 5 atom stereocenters. The fourth-order valence-electron chi connectivity index (χ4n) is 7.01. The highest BCUT2D eigenvalue weighted by atomic mass is 35.5. The number of imidazole rings is 1. The summed E-state index contributed by atoms with van der Waals surface area (Å²) in [4.78, 5) is 51.7. The van der Waals surface area contributed by atoms with Crippen LogP contribution in [0.4, 0.5) is 0 Å². The van der Waals surface area contributed by atoms with Crippen molar-refractivity contribution in [2.45, 2.75) is 62.5 Å². The minimum absolute atomic E-state index is 0.000752. The van der Waals surface area contributed by atoms with Crippen molar-refractivity contribution >= 4 is 51.9 Å². The number of carbonyl (C=O) groups is 3. The molecule has 3 N–H and O–H groups in total. The molecule has 1 aliphatic heterocycles. The molecule has 1 aliphatic carbocycles. The van der Waals surface area contributed by atoms with Gasteiger partial charge in [0.05, 0.1) is 31.3 Å². The number of methoxy groups -OCH3 is 2. The van der Waals surface area contributed by atoms with Crippen molar-refractivity contribution in [3.05, 3.63) is 87.9 Å². The number of aromatic amines is 1.